The molecule has 3 aromatic rings. The maximum atomic E-state index is 12.3. The quantitative estimate of drug-likeness (QED) is 0.504. The van der Waals surface area contributed by atoms with Gasteiger partial charge in [0.15, 0.2) is 5.82 Å². The maximum absolute atomic E-state index is 12.3. The van der Waals surface area contributed by atoms with Gasteiger partial charge < -0.3 is 10.1 Å². The minimum absolute atomic E-state index is 0.00423. The van der Waals surface area contributed by atoms with Crippen LogP contribution in [0.3, 0.4) is 0 Å². The number of piperazine rings is 1. The Kier molecular flexibility index (Phi) is 5.89. The molecule has 0 atom stereocenters. The van der Waals surface area contributed by atoms with E-state index >= 15 is 0 Å². The molecule has 0 aliphatic carbocycles. The van der Waals surface area contributed by atoms with Crippen LogP contribution in [0.25, 0.3) is 16.5 Å². The molecule has 30 heavy (non-hydrogen) atoms. The predicted octanol–water partition coefficient (Wildman–Crippen LogP) is 2.53. The first-order chi connectivity index (χ1) is 14.6. The number of para-hydroxylation sites is 1. The van der Waals surface area contributed by atoms with E-state index in [0.717, 1.165) is 32.7 Å². The monoisotopic (exact) mass is 401 g/mol. The summed E-state index contributed by atoms with van der Waals surface area (Å²) in [5.74, 6) is 0.0221. The molecule has 0 amide bonds. The van der Waals surface area contributed by atoms with Crippen LogP contribution in [0.15, 0.2) is 65.2 Å². The molecule has 0 unspecified atom stereocenters. The lowest BCUT2D eigenvalue weighted by atomic mass is 10.1. The Morgan fingerprint density at radius 3 is 2.43 bits per heavy atom. The fourth-order valence-electron chi connectivity index (χ4n) is 3.70. The van der Waals surface area contributed by atoms with E-state index in [0.29, 0.717) is 10.9 Å². The predicted molar refractivity (Wildman–Crippen MR) is 116 cm³/mol. The molecule has 7 heteroatoms. The number of benzene rings is 2. The van der Waals surface area contributed by atoms with E-state index in [1.807, 2.05) is 24.3 Å². The number of aliphatic hydroxyl groups is 1. The first-order valence-corrected chi connectivity index (χ1v) is 9.94. The molecule has 0 bridgehead atoms. The third kappa shape index (κ3) is 4.40. The van der Waals surface area contributed by atoms with Crippen LogP contribution in [-0.2, 0) is 6.54 Å². The molecule has 4 rings (SSSR count). The van der Waals surface area contributed by atoms with E-state index in [1.165, 1.54) is 5.56 Å². The molecule has 2 aromatic carbocycles. The van der Waals surface area contributed by atoms with Gasteiger partial charge >= 0.3 is 0 Å². The number of nitriles is 1. The van der Waals surface area contributed by atoms with Gasteiger partial charge in [-0.2, -0.15) is 5.26 Å². The molecule has 1 fully saturated rings. The SMILES string of the molecule is N#C/C(=C(/O)CN1CCN(Cc2ccccc2)CC1)c1nc2ccccc2c(=O)[nH]1. The normalized spacial score (nSPS) is 16.2. The van der Waals surface area contributed by atoms with E-state index in [9.17, 15) is 15.2 Å². The molecule has 152 valence electrons. The minimum Gasteiger partial charge on any atom is -0.509 e. The zero-order valence-corrected chi connectivity index (χ0v) is 16.6. The Balaban J connectivity index is 1.45. The molecule has 0 spiro atoms. The Bertz CT molecular complexity index is 1160. The van der Waals surface area contributed by atoms with Gasteiger partial charge in [-0.15, -0.1) is 0 Å². The van der Waals surface area contributed by atoms with Crippen molar-refractivity contribution in [2.24, 2.45) is 0 Å². The average Bonchev–Trinajstić information content (AvgIpc) is 2.76. The Morgan fingerprint density at radius 1 is 1.03 bits per heavy atom. The minimum atomic E-state index is -0.328. The van der Waals surface area contributed by atoms with Gasteiger partial charge in [0.1, 0.15) is 17.4 Å². The fraction of sp³-hybridized carbons (Fsp3) is 0.261. The van der Waals surface area contributed by atoms with Gasteiger partial charge in [-0.1, -0.05) is 42.5 Å². The number of nitrogens with one attached hydrogen (secondary N) is 1. The molecule has 1 aromatic heterocycles. The number of H-pyrrole nitrogens is 1. The number of allylic oxidation sites excluding steroid dienone is 1. The van der Waals surface area contributed by atoms with Crippen molar-refractivity contribution in [1.82, 2.24) is 19.8 Å². The zero-order chi connectivity index (χ0) is 20.9. The van der Waals surface area contributed by atoms with Crippen LogP contribution in [0.5, 0.6) is 0 Å². The summed E-state index contributed by atoms with van der Waals surface area (Å²) in [7, 11) is 0. The van der Waals surface area contributed by atoms with Crippen molar-refractivity contribution in [2.45, 2.75) is 6.54 Å². The highest BCUT2D eigenvalue weighted by Gasteiger charge is 2.20. The Hall–Kier alpha value is -3.47. The van der Waals surface area contributed by atoms with Gasteiger partial charge in [-0.25, -0.2) is 4.98 Å². The number of hydrogen-bond acceptors (Lipinski definition) is 6. The third-order valence-electron chi connectivity index (χ3n) is 5.34. The van der Waals surface area contributed by atoms with Gasteiger partial charge in [0, 0.05) is 32.7 Å². The lowest BCUT2D eigenvalue weighted by molar-refractivity contribution is 0.125. The lowest BCUT2D eigenvalue weighted by Gasteiger charge is -2.34. The molecule has 1 saturated heterocycles. The number of rotatable bonds is 5. The number of hydrogen-bond donors (Lipinski definition) is 2. The van der Waals surface area contributed by atoms with Gasteiger partial charge in [0.05, 0.1) is 17.4 Å². The van der Waals surface area contributed by atoms with E-state index in [4.69, 9.17) is 0 Å². The highest BCUT2D eigenvalue weighted by Crippen LogP contribution is 2.17. The van der Waals surface area contributed by atoms with Crippen molar-refractivity contribution in [1.29, 1.82) is 5.26 Å². The standard InChI is InChI=1S/C23H23N5O2/c24-14-19(22-25-20-9-5-4-8-18(20)23(30)26-22)21(29)16-28-12-10-27(11-13-28)15-17-6-2-1-3-7-17/h1-9,29H,10-13,15-16H2,(H,25,26,30)/b21-19-. The van der Waals surface area contributed by atoms with Gasteiger partial charge in [0.2, 0.25) is 0 Å². The second kappa shape index (κ2) is 8.91. The average molecular weight is 401 g/mol. The van der Waals surface area contributed by atoms with Crippen LogP contribution in [0, 0.1) is 11.3 Å². The van der Waals surface area contributed by atoms with Crippen molar-refractivity contribution in [3.63, 3.8) is 0 Å². The summed E-state index contributed by atoms with van der Waals surface area (Å²) < 4.78 is 0. The molecule has 0 saturated carbocycles. The first kappa shape index (κ1) is 19.8. The summed E-state index contributed by atoms with van der Waals surface area (Å²) in [5, 5.41) is 20.7. The highest BCUT2D eigenvalue weighted by atomic mass is 16.3. The molecule has 7 nitrogen and oxygen atoms in total. The van der Waals surface area contributed by atoms with E-state index in [2.05, 4.69) is 31.9 Å². The molecular weight excluding hydrogens is 378 g/mol. The van der Waals surface area contributed by atoms with Gasteiger partial charge in [0.25, 0.3) is 5.56 Å². The van der Waals surface area contributed by atoms with E-state index in [1.54, 1.807) is 24.3 Å². The highest BCUT2D eigenvalue weighted by molar-refractivity contribution is 5.81. The molecule has 0 radical (unpaired) electrons. The van der Waals surface area contributed by atoms with Gasteiger partial charge in [-0.3, -0.25) is 14.6 Å². The van der Waals surface area contributed by atoms with Crippen LogP contribution in [0.1, 0.15) is 11.4 Å². The van der Waals surface area contributed by atoms with Crippen LogP contribution in [0.4, 0.5) is 0 Å². The van der Waals surface area contributed by atoms with E-state index in [-0.39, 0.29) is 29.3 Å². The third-order valence-corrected chi connectivity index (χ3v) is 5.34. The Labute approximate surface area is 174 Å². The number of aliphatic hydroxyl groups excluding tert-OH is 1. The summed E-state index contributed by atoms with van der Waals surface area (Å²) in [6.45, 7) is 4.50. The lowest BCUT2D eigenvalue weighted by Crippen LogP contribution is -2.46. The van der Waals surface area contributed by atoms with Crippen LogP contribution < -0.4 is 5.56 Å². The van der Waals surface area contributed by atoms with Crippen LogP contribution in [0.2, 0.25) is 0 Å². The summed E-state index contributed by atoms with van der Waals surface area (Å²) in [6, 6.07) is 19.3. The number of aromatic nitrogens is 2. The molecule has 1 aliphatic heterocycles. The van der Waals surface area contributed by atoms with Crippen molar-refractivity contribution in [3.05, 3.63) is 82.1 Å². The van der Waals surface area contributed by atoms with Crippen LogP contribution in [-0.4, -0.2) is 57.6 Å². The summed E-state index contributed by atoms with van der Waals surface area (Å²) >= 11 is 0. The zero-order valence-electron chi connectivity index (χ0n) is 16.6. The second-order valence-corrected chi connectivity index (χ2v) is 7.40. The smallest absolute Gasteiger partial charge is 0.259 e. The van der Waals surface area contributed by atoms with Gasteiger partial charge in [-0.05, 0) is 17.7 Å². The molecule has 2 heterocycles. The summed E-state index contributed by atoms with van der Waals surface area (Å²) in [6.07, 6.45) is 0. The van der Waals surface area contributed by atoms with Crippen molar-refractivity contribution in [2.75, 3.05) is 32.7 Å². The number of fused-ring (bicyclic) bond motifs is 1. The molecular formula is C23H23N5O2. The first-order valence-electron chi connectivity index (χ1n) is 9.94. The molecule has 1 aliphatic rings. The molecule has 2 N–H and O–H groups in total. The van der Waals surface area contributed by atoms with Crippen molar-refractivity contribution < 1.29 is 5.11 Å². The fourth-order valence-corrected chi connectivity index (χ4v) is 3.70. The largest absolute Gasteiger partial charge is 0.509 e. The maximum Gasteiger partial charge on any atom is 0.259 e. The number of aromatic amines is 1. The second-order valence-electron chi connectivity index (χ2n) is 7.40. The number of nitrogens with zero attached hydrogens (tertiary/aromatic N) is 4. The topological polar surface area (TPSA) is 96.2 Å². The summed E-state index contributed by atoms with van der Waals surface area (Å²) in [4.78, 5) is 23.8. The van der Waals surface area contributed by atoms with Crippen LogP contribution >= 0.6 is 0 Å². The van der Waals surface area contributed by atoms with Crippen molar-refractivity contribution in [3.8, 4) is 6.07 Å². The van der Waals surface area contributed by atoms with E-state index < -0.39 is 0 Å². The summed E-state index contributed by atoms with van der Waals surface area (Å²) in [5.41, 5.74) is 1.45. The van der Waals surface area contributed by atoms with Crippen molar-refractivity contribution >= 4 is 16.5 Å². The Morgan fingerprint density at radius 2 is 1.70 bits per heavy atom.